The van der Waals surface area contributed by atoms with E-state index < -0.39 is 0 Å². The van der Waals surface area contributed by atoms with E-state index in [-0.39, 0.29) is 5.54 Å². The van der Waals surface area contributed by atoms with E-state index in [2.05, 4.69) is 46.8 Å². The maximum atomic E-state index is 5.29. The zero-order valence-corrected chi connectivity index (χ0v) is 13.1. The highest BCUT2D eigenvalue weighted by Crippen LogP contribution is 2.41. The molecule has 1 saturated carbocycles. The number of aryl methyl sites for hydroxylation is 2. The molecule has 1 saturated heterocycles. The van der Waals surface area contributed by atoms with Crippen LogP contribution in [0, 0.1) is 13.8 Å². The van der Waals surface area contributed by atoms with Crippen LogP contribution in [0.1, 0.15) is 36.8 Å². The Morgan fingerprint density at radius 3 is 2.37 bits per heavy atom. The van der Waals surface area contributed by atoms with Gasteiger partial charge in [-0.15, -0.1) is 0 Å². The molecule has 0 unspecified atom stereocenters. The monoisotopic (exact) mass is 325 g/mol. The summed E-state index contributed by atoms with van der Waals surface area (Å²) in [6, 6.07) is 4.48. The predicted molar refractivity (Wildman–Crippen MR) is 79.2 cm³/mol. The Kier molecular flexibility index (Phi) is 3.58. The first kappa shape index (κ1) is 13.4. The van der Waals surface area contributed by atoms with Gasteiger partial charge in [0.1, 0.15) is 6.61 Å². The molecule has 0 aromatic heterocycles. The summed E-state index contributed by atoms with van der Waals surface area (Å²) in [5, 5.41) is 0. The van der Waals surface area contributed by atoms with E-state index in [1.54, 1.807) is 0 Å². The number of hydrogen-bond donors (Lipinski definition) is 0. The molecule has 1 spiro atoms. The van der Waals surface area contributed by atoms with Crippen LogP contribution in [0.4, 0.5) is 5.69 Å². The number of hydrogen-bond acceptors (Lipinski definition) is 3. The maximum Gasteiger partial charge on any atom is 0.154 e. The van der Waals surface area contributed by atoms with Crippen molar-refractivity contribution in [3.05, 3.63) is 27.7 Å². The number of benzene rings is 1. The van der Waals surface area contributed by atoms with Crippen molar-refractivity contribution in [2.24, 2.45) is 0 Å². The molecule has 3 rings (SSSR count). The minimum Gasteiger partial charge on any atom is -0.338 e. The van der Waals surface area contributed by atoms with E-state index in [0.29, 0.717) is 13.3 Å². The number of rotatable bonds is 1. The zero-order chi connectivity index (χ0) is 13.5. The summed E-state index contributed by atoms with van der Waals surface area (Å²) in [6.45, 7) is 5.49. The second-order valence-corrected chi connectivity index (χ2v) is 6.56. The Balaban J connectivity index is 1.99. The lowest BCUT2D eigenvalue weighted by Gasteiger charge is -2.45. The topological polar surface area (TPSA) is 21.7 Å². The molecule has 0 amide bonds. The second-order valence-electron chi connectivity index (χ2n) is 5.76. The van der Waals surface area contributed by atoms with Crippen molar-refractivity contribution in [1.82, 2.24) is 0 Å². The molecule has 104 valence electrons. The molecule has 1 aliphatic carbocycles. The standard InChI is InChI=1S/C15H20BrNO2/c1-11-7-13(8-12(2)14(11)16)17-10-19-18-9-15(17)5-3-4-6-15/h7-8H,3-6,9-10H2,1-2H3. The Morgan fingerprint density at radius 2 is 1.74 bits per heavy atom. The van der Waals surface area contributed by atoms with Gasteiger partial charge in [0.05, 0.1) is 5.54 Å². The van der Waals surface area contributed by atoms with Crippen molar-refractivity contribution in [2.75, 3.05) is 18.2 Å². The van der Waals surface area contributed by atoms with Crippen LogP contribution in [0.3, 0.4) is 0 Å². The van der Waals surface area contributed by atoms with Gasteiger partial charge in [0.25, 0.3) is 0 Å². The fraction of sp³-hybridized carbons (Fsp3) is 0.600. The molecule has 0 radical (unpaired) electrons. The van der Waals surface area contributed by atoms with Gasteiger partial charge in [0, 0.05) is 10.2 Å². The van der Waals surface area contributed by atoms with Crippen LogP contribution in [0.15, 0.2) is 16.6 Å². The van der Waals surface area contributed by atoms with Gasteiger partial charge in [-0.05, 0) is 49.9 Å². The normalized spacial score (nSPS) is 22.2. The first-order valence-electron chi connectivity index (χ1n) is 6.91. The SMILES string of the molecule is Cc1cc(N2COOCC23CCCC3)cc(C)c1Br. The van der Waals surface area contributed by atoms with Crippen molar-refractivity contribution < 1.29 is 9.78 Å². The summed E-state index contributed by atoms with van der Waals surface area (Å²) in [4.78, 5) is 12.9. The minimum absolute atomic E-state index is 0.144. The van der Waals surface area contributed by atoms with E-state index in [1.165, 1.54) is 47.0 Å². The summed E-state index contributed by atoms with van der Waals surface area (Å²) in [5.74, 6) is 0. The second kappa shape index (κ2) is 5.08. The fourth-order valence-corrected chi connectivity index (χ4v) is 3.56. The van der Waals surface area contributed by atoms with Crippen LogP contribution in [0.25, 0.3) is 0 Å². The zero-order valence-electron chi connectivity index (χ0n) is 11.5. The van der Waals surface area contributed by atoms with E-state index in [4.69, 9.17) is 9.78 Å². The lowest BCUT2D eigenvalue weighted by molar-refractivity contribution is -0.325. The molecule has 1 heterocycles. The molecule has 4 heteroatoms. The largest absolute Gasteiger partial charge is 0.338 e. The lowest BCUT2D eigenvalue weighted by atomic mass is 9.95. The van der Waals surface area contributed by atoms with Crippen molar-refractivity contribution in [3.8, 4) is 0 Å². The molecule has 1 aliphatic heterocycles. The van der Waals surface area contributed by atoms with E-state index in [1.807, 2.05) is 0 Å². The van der Waals surface area contributed by atoms with Crippen LogP contribution < -0.4 is 4.90 Å². The minimum atomic E-state index is 0.144. The Labute approximate surface area is 122 Å². The van der Waals surface area contributed by atoms with Crippen molar-refractivity contribution in [2.45, 2.75) is 45.1 Å². The molecule has 0 atom stereocenters. The third-order valence-corrected chi connectivity index (χ3v) is 5.68. The molecule has 1 aromatic rings. The molecule has 0 bridgehead atoms. The quantitative estimate of drug-likeness (QED) is 0.725. The third kappa shape index (κ3) is 2.30. The van der Waals surface area contributed by atoms with Crippen LogP contribution >= 0.6 is 15.9 Å². The van der Waals surface area contributed by atoms with Crippen molar-refractivity contribution in [1.29, 1.82) is 0 Å². The first-order valence-corrected chi connectivity index (χ1v) is 7.70. The van der Waals surface area contributed by atoms with Gasteiger partial charge >= 0.3 is 0 Å². The van der Waals surface area contributed by atoms with Gasteiger partial charge < -0.3 is 4.90 Å². The molecule has 19 heavy (non-hydrogen) atoms. The third-order valence-electron chi connectivity index (χ3n) is 4.43. The molecule has 1 aromatic carbocycles. The summed E-state index contributed by atoms with van der Waals surface area (Å²) >= 11 is 3.64. The van der Waals surface area contributed by atoms with Gasteiger partial charge in [0.15, 0.2) is 6.73 Å². The fourth-order valence-electron chi connectivity index (χ4n) is 3.33. The highest BCUT2D eigenvalue weighted by atomic mass is 79.9. The predicted octanol–water partition coefficient (Wildman–Crippen LogP) is 4.10. The van der Waals surface area contributed by atoms with E-state index >= 15 is 0 Å². The Bertz CT molecular complexity index is 460. The summed E-state index contributed by atoms with van der Waals surface area (Å²) in [6.07, 6.45) is 4.97. The maximum absolute atomic E-state index is 5.29. The van der Waals surface area contributed by atoms with Gasteiger partial charge in [-0.3, -0.25) is 0 Å². The van der Waals surface area contributed by atoms with Gasteiger partial charge in [-0.1, -0.05) is 28.8 Å². The highest BCUT2D eigenvalue weighted by Gasteiger charge is 2.43. The molecule has 3 nitrogen and oxygen atoms in total. The van der Waals surface area contributed by atoms with E-state index in [0.717, 1.165) is 0 Å². The number of halogens is 1. The number of nitrogens with zero attached hydrogens (tertiary/aromatic N) is 1. The first-order chi connectivity index (χ1) is 9.12. The average Bonchev–Trinajstić information content (AvgIpc) is 2.85. The summed E-state index contributed by atoms with van der Waals surface area (Å²) in [5.41, 5.74) is 3.94. The summed E-state index contributed by atoms with van der Waals surface area (Å²) in [7, 11) is 0. The average molecular weight is 326 g/mol. The van der Waals surface area contributed by atoms with Crippen LogP contribution in [0.5, 0.6) is 0 Å². The van der Waals surface area contributed by atoms with Crippen molar-refractivity contribution in [3.63, 3.8) is 0 Å². The number of anilines is 1. The summed E-state index contributed by atoms with van der Waals surface area (Å²) < 4.78 is 1.20. The highest BCUT2D eigenvalue weighted by molar-refractivity contribution is 9.10. The molecule has 2 fully saturated rings. The smallest absolute Gasteiger partial charge is 0.154 e. The molecule has 2 aliphatic rings. The van der Waals surface area contributed by atoms with Crippen LogP contribution in [-0.4, -0.2) is 18.9 Å². The van der Waals surface area contributed by atoms with E-state index in [9.17, 15) is 0 Å². The van der Waals surface area contributed by atoms with Gasteiger partial charge in [0.2, 0.25) is 0 Å². The van der Waals surface area contributed by atoms with Gasteiger partial charge in [-0.25, -0.2) is 9.78 Å². The lowest BCUT2D eigenvalue weighted by Crippen LogP contribution is -2.55. The molecule has 0 N–H and O–H groups in total. The molecular formula is C15H20BrNO2. The van der Waals surface area contributed by atoms with Crippen LogP contribution in [-0.2, 0) is 9.78 Å². The molecular weight excluding hydrogens is 306 g/mol. The van der Waals surface area contributed by atoms with Gasteiger partial charge in [-0.2, -0.15) is 0 Å². The van der Waals surface area contributed by atoms with Crippen LogP contribution in [0.2, 0.25) is 0 Å². The van der Waals surface area contributed by atoms with Crippen molar-refractivity contribution >= 4 is 21.6 Å². The Hall–Kier alpha value is -0.580. The Morgan fingerprint density at radius 1 is 1.11 bits per heavy atom.